The maximum absolute atomic E-state index is 2.75. The van der Waals surface area contributed by atoms with E-state index in [0.29, 0.717) is 6.04 Å². The Morgan fingerprint density at radius 2 is 2.27 bits per heavy atom. The van der Waals surface area contributed by atoms with Gasteiger partial charge in [-0.15, -0.1) is 0 Å². The maximum Gasteiger partial charge on any atom is 0.0504 e. The van der Waals surface area contributed by atoms with Gasteiger partial charge in [0.05, 0.1) is 6.04 Å². The summed E-state index contributed by atoms with van der Waals surface area (Å²) < 4.78 is 2.44. The fraction of sp³-hybridized carbons (Fsp3) is 0.692. The van der Waals surface area contributed by atoms with E-state index >= 15 is 0 Å². The molecule has 0 bridgehead atoms. The monoisotopic (exact) mass is 204 g/mol. The quantitative estimate of drug-likeness (QED) is 0.683. The van der Waals surface area contributed by atoms with Gasteiger partial charge in [0.15, 0.2) is 0 Å². The van der Waals surface area contributed by atoms with Gasteiger partial charge in [-0.2, -0.15) is 0 Å². The van der Waals surface area contributed by atoms with E-state index in [4.69, 9.17) is 0 Å². The Balaban J connectivity index is 1.92. The Bertz CT molecular complexity index is 342. The fourth-order valence-electron chi connectivity index (χ4n) is 3.38. The number of hydrogen-bond donors (Lipinski definition) is 0. The molecule has 1 fully saturated rings. The molecule has 1 aromatic heterocycles. The van der Waals surface area contributed by atoms with Gasteiger partial charge in [-0.1, -0.05) is 6.92 Å². The van der Waals surface area contributed by atoms with E-state index < -0.39 is 0 Å². The summed E-state index contributed by atoms with van der Waals surface area (Å²) in [6.45, 7) is 4.78. The second-order valence-corrected chi connectivity index (χ2v) is 4.87. The SMILES string of the molecule is CC[C@H]1CCC[C@@H]2c3cccn3CCN12. The molecular weight excluding hydrogens is 184 g/mol. The minimum atomic E-state index is 0.715. The van der Waals surface area contributed by atoms with E-state index in [1.54, 1.807) is 5.69 Å². The normalized spacial score (nSPS) is 31.0. The van der Waals surface area contributed by atoms with Crippen LogP contribution in [0.1, 0.15) is 44.3 Å². The molecule has 3 heterocycles. The highest BCUT2D eigenvalue weighted by Crippen LogP contribution is 2.37. The molecule has 0 aliphatic carbocycles. The van der Waals surface area contributed by atoms with E-state index in [0.717, 1.165) is 6.04 Å². The Morgan fingerprint density at radius 3 is 3.13 bits per heavy atom. The lowest BCUT2D eigenvalue weighted by Crippen LogP contribution is -2.46. The van der Waals surface area contributed by atoms with E-state index in [1.165, 1.54) is 38.8 Å². The third-order valence-electron chi connectivity index (χ3n) is 4.16. The molecule has 2 heteroatoms. The lowest BCUT2D eigenvalue weighted by Gasteiger charge is -2.45. The summed E-state index contributed by atoms with van der Waals surface area (Å²) in [6, 6.07) is 6.07. The van der Waals surface area contributed by atoms with Crippen molar-refractivity contribution in [3.05, 3.63) is 24.0 Å². The van der Waals surface area contributed by atoms with E-state index in [1.807, 2.05) is 0 Å². The van der Waals surface area contributed by atoms with Gasteiger partial charge in [-0.25, -0.2) is 0 Å². The number of nitrogens with zero attached hydrogens (tertiary/aromatic N) is 2. The van der Waals surface area contributed by atoms with Crippen LogP contribution in [0.15, 0.2) is 18.3 Å². The molecule has 0 amide bonds. The van der Waals surface area contributed by atoms with Crippen LogP contribution in [-0.2, 0) is 6.54 Å². The Kier molecular flexibility index (Phi) is 2.32. The van der Waals surface area contributed by atoms with Crippen molar-refractivity contribution >= 4 is 0 Å². The summed E-state index contributed by atoms with van der Waals surface area (Å²) in [4.78, 5) is 2.75. The van der Waals surface area contributed by atoms with Crippen LogP contribution in [0.2, 0.25) is 0 Å². The van der Waals surface area contributed by atoms with Gasteiger partial charge in [-0.3, -0.25) is 4.90 Å². The molecule has 0 N–H and O–H groups in total. The van der Waals surface area contributed by atoms with Crippen LogP contribution < -0.4 is 0 Å². The molecule has 0 spiro atoms. The standard InChI is InChI=1S/C13H20N2/c1-2-11-5-3-6-13-12-7-4-8-14(12)9-10-15(11)13/h4,7-8,11,13H,2-3,5-6,9-10H2,1H3/t11-,13+/m0/s1. The predicted molar refractivity (Wildman–Crippen MR) is 61.8 cm³/mol. The lowest BCUT2D eigenvalue weighted by molar-refractivity contribution is 0.0548. The summed E-state index contributed by atoms with van der Waals surface area (Å²) >= 11 is 0. The first-order valence-electron chi connectivity index (χ1n) is 6.31. The first kappa shape index (κ1) is 9.46. The number of rotatable bonds is 1. The van der Waals surface area contributed by atoms with Crippen molar-refractivity contribution in [2.24, 2.45) is 0 Å². The van der Waals surface area contributed by atoms with Crippen LogP contribution in [0.4, 0.5) is 0 Å². The molecule has 15 heavy (non-hydrogen) atoms. The van der Waals surface area contributed by atoms with Gasteiger partial charge in [0.2, 0.25) is 0 Å². The van der Waals surface area contributed by atoms with Crippen molar-refractivity contribution < 1.29 is 0 Å². The number of piperidine rings is 1. The summed E-state index contributed by atoms with van der Waals surface area (Å²) in [6.07, 6.45) is 7.73. The summed E-state index contributed by atoms with van der Waals surface area (Å²) in [5.74, 6) is 0. The molecule has 2 aliphatic heterocycles. The van der Waals surface area contributed by atoms with Crippen molar-refractivity contribution in [2.75, 3.05) is 6.54 Å². The smallest absolute Gasteiger partial charge is 0.0504 e. The number of fused-ring (bicyclic) bond motifs is 3. The molecule has 1 saturated heterocycles. The third kappa shape index (κ3) is 1.43. The van der Waals surface area contributed by atoms with Crippen molar-refractivity contribution in [1.29, 1.82) is 0 Å². The number of hydrogen-bond acceptors (Lipinski definition) is 1. The first-order chi connectivity index (χ1) is 7.40. The molecule has 1 aromatic rings. The number of aromatic nitrogens is 1. The van der Waals surface area contributed by atoms with Crippen LogP contribution in [0.25, 0.3) is 0 Å². The van der Waals surface area contributed by atoms with Crippen molar-refractivity contribution in [3.8, 4) is 0 Å². The Hall–Kier alpha value is -0.760. The molecular formula is C13H20N2. The zero-order valence-electron chi connectivity index (χ0n) is 9.52. The maximum atomic E-state index is 2.75. The van der Waals surface area contributed by atoms with Crippen molar-refractivity contribution in [3.63, 3.8) is 0 Å². The van der Waals surface area contributed by atoms with E-state index in [2.05, 4.69) is 34.7 Å². The molecule has 82 valence electrons. The third-order valence-corrected chi connectivity index (χ3v) is 4.16. The highest BCUT2D eigenvalue weighted by atomic mass is 15.3. The Labute approximate surface area is 91.9 Å². The molecule has 0 unspecified atom stereocenters. The summed E-state index contributed by atoms with van der Waals surface area (Å²) in [5, 5.41) is 0. The molecule has 2 atom stereocenters. The van der Waals surface area contributed by atoms with Gasteiger partial charge in [0.1, 0.15) is 0 Å². The minimum absolute atomic E-state index is 0.715. The van der Waals surface area contributed by atoms with Gasteiger partial charge in [0, 0.05) is 31.0 Å². The van der Waals surface area contributed by atoms with Crippen LogP contribution in [0.3, 0.4) is 0 Å². The largest absolute Gasteiger partial charge is 0.349 e. The topological polar surface area (TPSA) is 8.17 Å². The first-order valence-corrected chi connectivity index (χ1v) is 6.31. The van der Waals surface area contributed by atoms with Crippen molar-refractivity contribution in [2.45, 2.75) is 51.2 Å². The summed E-state index contributed by atoms with van der Waals surface area (Å²) in [5.41, 5.74) is 1.56. The van der Waals surface area contributed by atoms with Crippen molar-refractivity contribution in [1.82, 2.24) is 9.47 Å². The molecule has 0 radical (unpaired) electrons. The van der Waals surface area contributed by atoms with Gasteiger partial charge >= 0.3 is 0 Å². The van der Waals surface area contributed by atoms with Crippen LogP contribution in [0, 0.1) is 0 Å². The Morgan fingerprint density at radius 1 is 1.33 bits per heavy atom. The van der Waals surface area contributed by atoms with E-state index in [9.17, 15) is 0 Å². The van der Waals surface area contributed by atoms with Gasteiger partial charge in [0.25, 0.3) is 0 Å². The zero-order valence-corrected chi connectivity index (χ0v) is 9.52. The molecule has 0 aromatic carbocycles. The van der Waals surface area contributed by atoms with Gasteiger partial charge < -0.3 is 4.57 Å². The molecule has 2 nitrogen and oxygen atoms in total. The van der Waals surface area contributed by atoms with Crippen LogP contribution in [-0.4, -0.2) is 22.1 Å². The summed E-state index contributed by atoms with van der Waals surface area (Å²) in [7, 11) is 0. The van der Waals surface area contributed by atoms with E-state index in [-0.39, 0.29) is 0 Å². The second kappa shape index (κ2) is 3.67. The molecule has 2 aliphatic rings. The average Bonchev–Trinajstić information content (AvgIpc) is 2.76. The lowest BCUT2D eigenvalue weighted by atomic mass is 9.91. The highest BCUT2D eigenvalue weighted by Gasteiger charge is 2.34. The average molecular weight is 204 g/mol. The minimum Gasteiger partial charge on any atom is -0.349 e. The fourth-order valence-corrected chi connectivity index (χ4v) is 3.38. The van der Waals surface area contributed by atoms with Gasteiger partial charge in [-0.05, 0) is 37.8 Å². The molecule has 3 rings (SSSR count). The predicted octanol–water partition coefficient (Wildman–Crippen LogP) is 2.81. The van der Waals surface area contributed by atoms with Crippen LogP contribution >= 0.6 is 0 Å². The zero-order chi connectivity index (χ0) is 10.3. The van der Waals surface area contributed by atoms with Crippen LogP contribution in [0.5, 0.6) is 0 Å². The highest BCUT2D eigenvalue weighted by molar-refractivity contribution is 5.15. The second-order valence-electron chi connectivity index (χ2n) is 4.87. The molecule has 0 saturated carbocycles.